The van der Waals surface area contributed by atoms with Gasteiger partial charge in [-0.25, -0.2) is 0 Å². The van der Waals surface area contributed by atoms with Crippen LogP contribution >= 0.6 is 0 Å². The molecule has 1 aromatic heterocycles. The second kappa shape index (κ2) is 5.98. The average molecular weight is 301 g/mol. The number of hydrogen-bond acceptors (Lipinski definition) is 6. The van der Waals surface area contributed by atoms with Crippen molar-refractivity contribution >= 4 is 11.4 Å². The predicted octanol–water partition coefficient (Wildman–Crippen LogP) is 2.27. The first-order valence-corrected chi connectivity index (χ1v) is 6.89. The van der Waals surface area contributed by atoms with E-state index < -0.39 is 4.92 Å². The minimum absolute atomic E-state index is 0.0148. The molecule has 3 rings (SSSR count). The molecule has 1 aliphatic rings. The number of hydrogen-bond donors (Lipinski definition) is 1. The summed E-state index contributed by atoms with van der Waals surface area (Å²) in [5.41, 5.74) is 1.37. The normalized spacial score (nSPS) is 18.2. The van der Waals surface area contributed by atoms with E-state index in [0.29, 0.717) is 25.4 Å². The van der Waals surface area contributed by atoms with E-state index in [1.807, 2.05) is 11.0 Å². The zero-order valence-electron chi connectivity index (χ0n) is 11.8. The third-order valence-electron chi connectivity index (χ3n) is 3.62. The highest BCUT2D eigenvalue weighted by Gasteiger charge is 2.27. The van der Waals surface area contributed by atoms with E-state index in [1.54, 1.807) is 30.5 Å². The number of anilines is 1. The van der Waals surface area contributed by atoms with Crippen LogP contribution in [0.2, 0.25) is 0 Å². The molecule has 22 heavy (non-hydrogen) atoms. The number of nitrogens with zero attached hydrogens (tertiary/aromatic N) is 3. The van der Waals surface area contributed by atoms with Crippen LogP contribution in [0.25, 0.3) is 0 Å². The lowest BCUT2D eigenvalue weighted by atomic mass is 10.1. The van der Waals surface area contributed by atoms with Crippen LogP contribution < -0.4 is 4.90 Å². The Morgan fingerprint density at radius 1 is 1.41 bits per heavy atom. The van der Waals surface area contributed by atoms with Gasteiger partial charge in [-0.3, -0.25) is 15.1 Å². The summed E-state index contributed by atoms with van der Waals surface area (Å²) in [7, 11) is 0. The Morgan fingerprint density at radius 3 is 3.05 bits per heavy atom. The van der Waals surface area contributed by atoms with Crippen molar-refractivity contribution in [1.82, 2.24) is 4.98 Å². The fourth-order valence-corrected chi connectivity index (χ4v) is 2.58. The van der Waals surface area contributed by atoms with Gasteiger partial charge in [0, 0.05) is 19.3 Å². The van der Waals surface area contributed by atoms with E-state index in [1.165, 1.54) is 6.20 Å². The molecule has 1 N–H and O–H groups in total. The lowest BCUT2D eigenvalue weighted by Gasteiger charge is -2.34. The van der Waals surface area contributed by atoms with Crippen LogP contribution in [-0.2, 0) is 4.74 Å². The summed E-state index contributed by atoms with van der Waals surface area (Å²) < 4.78 is 5.73. The summed E-state index contributed by atoms with van der Waals surface area (Å²) in [5.74, 6) is 0.174. The Bertz CT molecular complexity index is 692. The number of benzene rings is 1. The number of nitro groups is 1. The third-order valence-corrected chi connectivity index (χ3v) is 3.62. The van der Waals surface area contributed by atoms with E-state index >= 15 is 0 Å². The second-order valence-electron chi connectivity index (χ2n) is 5.02. The van der Waals surface area contributed by atoms with Gasteiger partial charge in [0.1, 0.15) is 23.7 Å². The number of rotatable bonds is 3. The number of phenolic OH excluding ortho intramolecular Hbond substituents is 1. The molecule has 1 aromatic carbocycles. The van der Waals surface area contributed by atoms with E-state index in [9.17, 15) is 15.2 Å². The SMILES string of the molecule is O=[N+]([O-])c1cnccc1N1CCOC(c2cccc(O)c2)C1. The van der Waals surface area contributed by atoms with E-state index in [-0.39, 0.29) is 17.5 Å². The van der Waals surface area contributed by atoms with E-state index in [2.05, 4.69) is 4.98 Å². The largest absolute Gasteiger partial charge is 0.508 e. The number of morpholine rings is 1. The van der Waals surface area contributed by atoms with Gasteiger partial charge < -0.3 is 14.7 Å². The topological polar surface area (TPSA) is 88.7 Å². The summed E-state index contributed by atoms with van der Waals surface area (Å²) in [5, 5.41) is 20.7. The van der Waals surface area contributed by atoms with Crippen molar-refractivity contribution in [2.75, 3.05) is 24.6 Å². The van der Waals surface area contributed by atoms with Gasteiger partial charge in [-0.2, -0.15) is 0 Å². The van der Waals surface area contributed by atoms with Crippen LogP contribution in [0.4, 0.5) is 11.4 Å². The summed E-state index contributed by atoms with van der Waals surface area (Å²) in [6.07, 6.45) is 2.56. The smallest absolute Gasteiger partial charge is 0.310 e. The summed E-state index contributed by atoms with van der Waals surface area (Å²) in [6, 6.07) is 8.51. The van der Waals surface area contributed by atoms with Crippen molar-refractivity contribution in [2.45, 2.75) is 6.10 Å². The van der Waals surface area contributed by atoms with Crippen molar-refractivity contribution in [3.63, 3.8) is 0 Å². The Kier molecular flexibility index (Phi) is 3.88. The minimum atomic E-state index is -0.429. The number of ether oxygens (including phenoxy) is 1. The summed E-state index contributed by atoms with van der Waals surface area (Å²) in [4.78, 5) is 16.4. The number of aromatic nitrogens is 1. The van der Waals surface area contributed by atoms with Crippen molar-refractivity contribution in [1.29, 1.82) is 0 Å². The van der Waals surface area contributed by atoms with Crippen LogP contribution in [0.15, 0.2) is 42.7 Å². The Labute approximate surface area is 126 Å². The molecule has 1 atom stereocenters. The second-order valence-corrected chi connectivity index (χ2v) is 5.02. The molecule has 0 aliphatic carbocycles. The molecule has 1 fully saturated rings. The van der Waals surface area contributed by atoms with Gasteiger partial charge in [0.2, 0.25) is 0 Å². The van der Waals surface area contributed by atoms with Crippen LogP contribution in [-0.4, -0.2) is 34.7 Å². The monoisotopic (exact) mass is 301 g/mol. The summed E-state index contributed by atoms with van der Waals surface area (Å²) >= 11 is 0. The lowest BCUT2D eigenvalue weighted by molar-refractivity contribution is -0.384. The maximum Gasteiger partial charge on any atom is 0.310 e. The van der Waals surface area contributed by atoms with Gasteiger partial charge >= 0.3 is 5.69 Å². The van der Waals surface area contributed by atoms with Gasteiger partial charge in [0.05, 0.1) is 11.5 Å². The maximum absolute atomic E-state index is 11.1. The number of pyridine rings is 1. The minimum Gasteiger partial charge on any atom is -0.508 e. The predicted molar refractivity (Wildman–Crippen MR) is 79.9 cm³/mol. The molecule has 0 amide bonds. The first-order chi connectivity index (χ1) is 10.6. The fraction of sp³-hybridized carbons (Fsp3) is 0.267. The maximum atomic E-state index is 11.1. The molecule has 0 radical (unpaired) electrons. The molecule has 0 spiro atoms. The van der Waals surface area contributed by atoms with Gasteiger partial charge in [-0.05, 0) is 23.8 Å². The number of aromatic hydroxyl groups is 1. The number of phenols is 1. The zero-order valence-corrected chi connectivity index (χ0v) is 11.8. The third kappa shape index (κ3) is 2.84. The molecule has 1 unspecified atom stereocenters. The fourth-order valence-electron chi connectivity index (χ4n) is 2.58. The van der Waals surface area contributed by atoms with Crippen LogP contribution in [0.3, 0.4) is 0 Å². The van der Waals surface area contributed by atoms with Crippen molar-refractivity contribution in [3.8, 4) is 5.75 Å². The molecule has 0 bridgehead atoms. The van der Waals surface area contributed by atoms with Gasteiger partial charge in [-0.1, -0.05) is 12.1 Å². The van der Waals surface area contributed by atoms with Gasteiger partial charge in [-0.15, -0.1) is 0 Å². The van der Waals surface area contributed by atoms with Gasteiger partial charge in [0.25, 0.3) is 0 Å². The molecular formula is C15H15N3O4. The quantitative estimate of drug-likeness (QED) is 0.691. The Morgan fingerprint density at radius 2 is 2.27 bits per heavy atom. The average Bonchev–Trinajstić information content (AvgIpc) is 2.55. The standard InChI is InChI=1S/C15H15N3O4/c19-12-3-1-2-11(8-12)15-10-17(6-7-22-15)13-4-5-16-9-14(13)18(20)21/h1-5,8-9,15,19H,6-7,10H2. The lowest BCUT2D eigenvalue weighted by Crippen LogP contribution is -2.38. The van der Waals surface area contributed by atoms with Crippen molar-refractivity contribution < 1.29 is 14.8 Å². The molecule has 7 nitrogen and oxygen atoms in total. The highest BCUT2D eigenvalue weighted by Crippen LogP contribution is 2.32. The highest BCUT2D eigenvalue weighted by molar-refractivity contribution is 5.62. The molecule has 7 heteroatoms. The molecule has 2 heterocycles. The van der Waals surface area contributed by atoms with Crippen molar-refractivity contribution in [3.05, 3.63) is 58.4 Å². The van der Waals surface area contributed by atoms with Gasteiger partial charge in [0.15, 0.2) is 0 Å². The van der Waals surface area contributed by atoms with Crippen LogP contribution in [0.5, 0.6) is 5.75 Å². The first-order valence-electron chi connectivity index (χ1n) is 6.89. The molecule has 114 valence electrons. The molecule has 1 saturated heterocycles. The molecule has 0 saturated carbocycles. The molecule has 1 aliphatic heterocycles. The molecular weight excluding hydrogens is 286 g/mol. The summed E-state index contributed by atoms with van der Waals surface area (Å²) in [6.45, 7) is 1.51. The Hall–Kier alpha value is -2.67. The van der Waals surface area contributed by atoms with E-state index in [4.69, 9.17) is 4.74 Å². The molecule has 2 aromatic rings. The van der Waals surface area contributed by atoms with Crippen LogP contribution in [0, 0.1) is 10.1 Å². The first kappa shape index (κ1) is 14.3. The van der Waals surface area contributed by atoms with Crippen LogP contribution in [0.1, 0.15) is 11.7 Å². The zero-order chi connectivity index (χ0) is 15.5. The highest BCUT2D eigenvalue weighted by atomic mass is 16.6. The van der Waals surface area contributed by atoms with Crippen molar-refractivity contribution in [2.24, 2.45) is 0 Å². The van der Waals surface area contributed by atoms with E-state index in [0.717, 1.165) is 5.56 Å². The Balaban J connectivity index is 1.86.